The molecule has 1 aromatic carbocycles. The van der Waals surface area contributed by atoms with E-state index in [9.17, 15) is 4.79 Å². The average molecular weight is 381 g/mol. The monoisotopic (exact) mass is 381 g/mol. The van der Waals surface area contributed by atoms with E-state index in [0.29, 0.717) is 22.3 Å². The summed E-state index contributed by atoms with van der Waals surface area (Å²) in [6.45, 7) is 4.33. The number of anilines is 1. The van der Waals surface area contributed by atoms with Crippen LogP contribution in [0.25, 0.3) is 11.4 Å². The molecular formula is C18H15N5OS2. The molecule has 0 aliphatic heterocycles. The Morgan fingerprint density at radius 1 is 1.35 bits per heavy atom. The number of nitriles is 1. The van der Waals surface area contributed by atoms with Crippen molar-refractivity contribution in [1.29, 1.82) is 5.26 Å². The third-order valence-corrected chi connectivity index (χ3v) is 5.23. The molecule has 0 bridgehead atoms. The van der Waals surface area contributed by atoms with Crippen molar-refractivity contribution < 1.29 is 4.79 Å². The molecule has 3 aromatic rings. The van der Waals surface area contributed by atoms with E-state index in [-0.39, 0.29) is 11.7 Å². The normalized spacial score (nSPS) is 10.3. The van der Waals surface area contributed by atoms with Gasteiger partial charge in [0.1, 0.15) is 11.1 Å². The summed E-state index contributed by atoms with van der Waals surface area (Å²) in [6, 6.07) is 13.5. The molecule has 0 atom stereocenters. The Morgan fingerprint density at radius 3 is 2.88 bits per heavy atom. The molecule has 0 unspecified atom stereocenters. The van der Waals surface area contributed by atoms with Crippen molar-refractivity contribution in [2.75, 3.05) is 11.1 Å². The van der Waals surface area contributed by atoms with E-state index in [0.717, 1.165) is 11.4 Å². The molecule has 1 N–H and O–H groups in total. The fraction of sp³-hybridized carbons (Fsp3) is 0.111. The first-order chi connectivity index (χ1) is 12.7. The van der Waals surface area contributed by atoms with Crippen LogP contribution in [0.5, 0.6) is 0 Å². The second-order valence-corrected chi connectivity index (χ2v) is 7.04. The molecule has 0 fully saturated rings. The van der Waals surface area contributed by atoms with Gasteiger partial charge in [0.2, 0.25) is 5.91 Å². The molecule has 0 radical (unpaired) electrons. The zero-order valence-electron chi connectivity index (χ0n) is 13.8. The minimum Gasteiger partial charge on any atom is -0.316 e. The van der Waals surface area contributed by atoms with Crippen molar-refractivity contribution in [2.24, 2.45) is 0 Å². The number of allylic oxidation sites excluding steroid dienone is 1. The van der Waals surface area contributed by atoms with E-state index in [2.05, 4.69) is 28.2 Å². The van der Waals surface area contributed by atoms with E-state index in [1.165, 1.54) is 23.1 Å². The molecule has 2 heterocycles. The lowest BCUT2D eigenvalue weighted by molar-refractivity contribution is -0.113. The number of carbonyl (C=O) groups excluding carboxylic acids is 1. The van der Waals surface area contributed by atoms with Crippen LogP contribution in [0.1, 0.15) is 5.56 Å². The summed E-state index contributed by atoms with van der Waals surface area (Å²) >= 11 is 2.62. The summed E-state index contributed by atoms with van der Waals surface area (Å²) in [6.07, 6.45) is 1.77. The average Bonchev–Trinajstić information content (AvgIpc) is 3.27. The van der Waals surface area contributed by atoms with Gasteiger partial charge in [-0.05, 0) is 11.4 Å². The molecule has 0 aliphatic carbocycles. The van der Waals surface area contributed by atoms with Crippen LogP contribution in [0.3, 0.4) is 0 Å². The van der Waals surface area contributed by atoms with Crippen LogP contribution >= 0.6 is 23.1 Å². The summed E-state index contributed by atoms with van der Waals surface area (Å²) in [7, 11) is 0. The number of thiophene rings is 1. The van der Waals surface area contributed by atoms with Gasteiger partial charge in [0.25, 0.3) is 0 Å². The topological polar surface area (TPSA) is 83.6 Å². The number of amides is 1. The number of thioether (sulfide) groups is 1. The molecule has 0 saturated carbocycles. The lowest BCUT2D eigenvalue weighted by Crippen LogP contribution is -2.14. The first-order valence-electron chi connectivity index (χ1n) is 7.72. The standard InChI is InChI=1S/C18H15N5OS2/c1-2-9-23-16(13-6-4-3-5-7-13)21-22-18(23)26-12-15(24)20-17-14(11-19)8-10-25-17/h2-8,10H,1,9,12H2,(H,20,24). The summed E-state index contributed by atoms with van der Waals surface area (Å²) in [5.41, 5.74) is 1.42. The van der Waals surface area contributed by atoms with Gasteiger partial charge in [-0.15, -0.1) is 28.1 Å². The van der Waals surface area contributed by atoms with E-state index in [1.54, 1.807) is 17.5 Å². The molecule has 0 saturated heterocycles. The van der Waals surface area contributed by atoms with Gasteiger partial charge in [0.05, 0.1) is 11.3 Å². The third kappa shape index (κ3) is 4.02. The molecular weight excluding hydrogens is 366 g/mol. The number of carbonyl (C=O) groups is 1. The van der Waals surface area contributed by atoms with Crippen LogP contribution in [-0.4, -0.2) is 26.4 Å². The predicted octanol–water partition coefficient (Wildman–Crippen LogP) is 3.80. The minimum absolute atomic E-state index is 0.173. The van der Waals surface area contributed by atoms with Crippen molar-refractivity contribution in [1.82, 2.24) is 14.8 Å². The highest BCUT2D eigenvalue weighted by Gasteiger charge is 2.15. The molecule has 130 valence electrons. The van der Waals surface area contributed by atoms with E-state index < -0.39 is 0 Å². The molecule has 26 heavy (non-hydrogen) atoms. The van der Waals surface area contributed by atoms with Gasteiger partial charge in [-0.3, -0.25) is 9.36 Å². The lowest BCUT2D eigenvalue weighted by Gasteiger charge is -2.08. The van der Waals surface area contributed by atoms with Crippen LogP contribution in [0.4, 0.5) is 5.00 Å². The van der Waals surface area contributed by atoms with Gasteiger partial charge in [-0.1, -0.05) is 48.2 Å². The highest BCUT2D eigenvalue weighted by molar-refractivity contribution is 7.99. The molecule has 1 amide bonds. The maximum absolute atomic E-state index is 12.2. The van der Waals surface area contributed by atoms with Crippen molar-refractivity contribution in [3.8, 4) is 17.5 Å². The summed E-state index contributed by atoms with van der Waals surface area (Å²) in [5, 5.41) is 23.2. The second kappa shape index (κ2) is 8.47. The molecule has 0 spiro atoms. The second-order valence-electron chi connectivity index (χ2n) is 5.18. The Kier molecular flexibility index (Phi) is 5.84. The van der Waals surface area contributed by atoms with Crippen LogP contribution in [0.15, 0.2) is 59.6 Å². The van der Waals surface area contributed by atoms with Crippen molar-refractivity contribution in [3.63, 3.8) is 0 Å². The number of hydrogen-bond acceptors (Lipinski definition) is 6. The lowest BCUT2D eigenvalue weighted by atomic mass is 10.2. The summed E-state index contributed by atoms with van der Waals surface area (Å²) in [5.74, 6) is 0.717. The smallest absolute Gasteiger partial charge is 0.235 e. The quantitative estimate of drug-likeness (QED) is 0.497. The van der Waals surface area contributed by atoms with Crippen LogP contribution in [0.2, 0.25) is 0 Å². The fourth-order valence-corrected chi connectivity index (χ4v) is 3.78. The Morgan fingerprint density at radius 2 is 2.15 bits per heavy atom. The van der Waals surface area contributed by atoms with E-state index in [4.69, 9.17) is 5.26 Å². The maximum atomic E-state index is 12.2. The molecule has 3 rings (SSSR count). The number of rotatable bonds is 7. The van der Waals surface area contributed by atoms with Gasteiger partial charge in [0, 0.05) is 12.1 Å². The number of nitrogens with one attached hydrogen (secondary N) is 1. The Bertz CT molecular complexity index is 956. The summed E-state index contributed by atoms with van der Waals surface area (Å²) < 4.78 is 1.92. The Balaban J connectivity index is 1.72. The SMILES string of the molecule is C=CCn1c(SCC(=O)Nc2sccc2C#N)nnc1-c1ccccc1. The van der Waals surface area contributed by atoms with Crippen molar-refractivity contribution >= 4 is 34.0 Å². The number of benzene rings is 1. The maximum Gasteiger partial charge on any atom is 0.235 e. The predicted molar refractivity (Wildman–Crippen MR) is 104 cm³/mol. The number of aromatic nitrogens is 3. The van der Waals surface area contributed by atoms with Gasteiger partial charge in [-0.2, -0.15) is 5.26 Å². The van der Waals surface area contributed by atoms with Crippen LogP contribution < -0.4 is 5.32 Å². The zero-order chi connectivity index (χ0) is 18.4. The zero-order valence-corrected chi connectivity index (χ0v) is 15.4. The molecule has 0 aliphatic rings. The van der Waals surface area contributed by atoms with Crippen LogP contribution in [-0.2, 0) is 11.3 Å². The molecule has 6 nitrogen and oxygen atoms in total. The van der Waals surface area contributed by atoms with Gasteiger partial charge in [-0.25, -0.2) is 0 Å². The first-order valence-corrected chi connectivity index (χ1v) is 9.59. The van der Waals surface area contributed by atoms with Crippen molar-refractivity contribution in [3.05, 3.63) is 60.0 Å². The highest BCUT2D eigenvalue weighted by Crippen LogP contribution is 2.25. The molecule has 8 heteroatoms. The fourth-order valence-electron chi connectivity index (χ4n) is 2.28. The van der Waals surface area contributed by atoms with Crippen LogP contribution in [0, 0.1) is 11.3 Å². The Hall–Kier alpha value is -2.89. The first kappa shape index (κ1) is 17.9. The third-order valence-electron chi connectivity index (χ3n) is 3.43. The number of hydrogen-bond donors (Lipinski definition) is 1. The molecule has 2 aromatic heterocycles. The van der Waals surface area contributed by atoms with Gasteiger partial charge in [0.15, 0.2) is 11.0 Å². The van der Waals surface area contributed by atoms with E-state index >= 15 is 0 Å². The van der Waals surface area contributed by atoms with Crippen molar-refractivity contribution in [2.45, 2.75) is 11.7 Å². The van der Waals surface area contributed by atoms with E-state index in [1.807, 2.05) is 34.9 Å². The minimum atomic E-state index is -0.191. The highest BCUT2D eigenvalue weighted by atomic mass is 32.2. The largest absolute Gasteiger partial charge is 0.316 e. The van der Waals surface area contributed by atoms with Gasteiger partial charge < -0.3 is 5.32 Å². The Labute approximate surface area is 159 Å². The summed E-state index contributed by atoms with van der Waals surface area (Å²) in [4.78, 5) is 12.2. The number of nitrogens with zero attached hydrogens (tertiary/aromatic N) is 4. The van der Waals surface area contributed by atoms with Gasteiger partial charge >= 0.3 is 0 Å².